The monoisotopic (exact) mass is 315 g/mol. The minimum absolute atomic E-state index is 0.153. The SMILES string of the molecule is O=C(Cc1c(F)cccc1F)N(CCCl)C1CCCCC1. The Morgan fingerprint density at radius 3 is 2.38 bits per heavy atom. The Morgan fingerprint density at radius 1 is 1.19 bits per heavy atom. The molecular weight excluding hydrogens is 296 g/mol. The van der Waals surface area contributed by atoms with Crippen LogP contribution in [0, 0.1) is 11.6 Å². The van der Waals surface area contributed by atoms with Crippen LogP contribution >= 0.6 is 11.6 Å². The number of carbonyl (C=O) groups is 1. The maximum atomic E-state index is 13.7. The van der Waals surface area contributed by atoms with Crippen LogP contribution in [-0.4, -0.2) is 29.3 Å². The van der Waals surface area contributed by atoms with Crippen LogP contribution in [0.3, 0.4) is 0 Å². The molecule has 1 saturated carbocycles. The van der Waals surface area contributed by atoms with E-state index >= 15 is 0 Å². The molecule has 1 aliphatic rings. The molecule has 1 aromatic carbocycles. The van der Waals surface area contributed by atoms with Crippen LogP contribution in [0.4, 0.5) is 8.78 Å². The molecule has 0 N–H and O–H groups in total. The summed E-state index contributed by atoms with van der Waals surface area (Å²) in [5.41, 5.74) is -0.155. The van der Waals surface area contributed by atoms with Crippen molar-refractivity contribution in [1.29, 1.82) is 0 Å². The van der Waals surface area contributed by atoms with E-state index in [0.717, 1.165) is 25.7 Å². The van der Waals surface area contributed by atoms with Gasteiger partial charge in [-0.3, -0.25) is 4.79 Å². The van der Waals surface area contributed by atoms with Crippen LogP contribution in [0.15, 0.2) is 18.2 Å². The fourth-order valence-corrected chi connectivity index (χ4v) is 3.13. The van der Waals surface area contributed by atoms with Crippen molar-refractivity contribution in [2.45, 2.75) is 44.6 Å². The summed E-state index contributed by atoms with van der Waals surface area (Å²) in [7, 11) is 0. The van der Waals surface area contributed by atoms with Crippen molar-refractivity contribution < 1.29 is 13.6 Å². The topological polar surface area (TPSA) is 20.3 Å². The van der Waals surface area contributed by atoms with E-state index in [1.807, 2.05) is 0 Å². The molecule has 0 radical (unpaired) electrons. The van der Waals surface area contributed by atoms with Gasteiger partial charge in [0.15, 0.2) is 0 Å². The quantitative estimate of drug-likeness (QED) is 0.754. The lowest BCUT2D eigenvalue weighted by Gasteiger charge is -2.34. The number of nitrogens with zero attached hydrogens (tertiary/aromatic N) is 1. The third-order valence-electron chi connectivity index (χ3n) is 4.05. The van der Waals surface area contributed by atoms with E-state index in [1.54, 1.807) is 4.90 Å². The zero-order valence-corrected chi connectivity index (χ0v) is 12.7. The number of halogens is 3. The third-order valence-corrected chi connectivity index (χ3v) is 4.22. The summed E-state index contributed by atoms with van der Waals surface area (Å²) in [6.07, 6.45) is 5.01. The molecule has 0 heterocycles. The number of benzene rings is 1. The fourth-order valence-electron chi connectivity index (χ4n) is 2.95. The molecule has 5 heteroatoms. The van der Waals surface area contributed by atoms with Gasteiger partial charge >= 0.3 is 0 Å². The zero-order valence-electron chi connectivity index (χ0n) is 12.0. The summed E-state index contributed by atoms with van der Waals surface area (Å²) >= 11 is 5.78. The smallest absolute Gasteiger partial charge is 0.227 e. The van der Waals surface area contributed by atoms with Crippen molar-refractivity contribution in [2.75, 3.05) is 12.4 Å². The van der Waals surface area contributed by atoms with E-state index in [0.29, 0.717) is 12.4 Å². The standard InChI is InChI=1S/C16H20ClF2NO/c17-9-10-20(12-5-2-1-3-6-12)16(21)11-13-14(18)7-4-8-15(13)19/h4,7-8,12H,1-3,5-6,9-11H2. The molecule has 2 rings (SSSR count). The lowest BCUT2D eigenvalue weighted by Crippen LogP contribution is -2.43. The highest BCUT2D eigenvalue weighted by Gasteiger charge is 2.26. The Labute approximate surface area is 129 Å². The molecule has 1 amide bonds. The Balaban J connectivity index is 2.11. The Hall–Kier alpha value is -1.16. The molecule has 0 atom stereocenters. The first-order valence-corrected chi connectivity index (χ1v) is 7.95. The van der Waals surface area contributed by atoms with Crippen LogP contribution in [0.2, 0.25) is 0 Å². The highest BCUT2D eigenvalue weighted by molar-refractivity contribution is 6.18. The van der Waals surface area contributed by atoms with E-state index in [4.69, 9.17) is 11.6 Å². The normalized spacial score (nSPS) is 16.0. The lowest BCUT2D eigenvalue weighted by atomic mass is 9.93. The van der Waals surface area contributed by atoms with Crippen molar-refractivity contribution in [2.24, 2.45) is 0 Å². The van der Waals surface area contributed by atoms with Gasteiger partial charge in [0.25, 0.3) is 0 Å². The van der Waals surface area contributed by atoms with E-state index in [2.05, 4.69) is 0 Å². The summed E-state index contributed by atoms with van der Waals surface area (Å²) in [6.45, 7) is 0.432. The van der Waals surface area contributed by atoms with Gasteiger partial charge in [-0.1, -0.05) is 25.3 Å². The van der Waals surface area contributed by atoms with E-state index in [9.17, 15) is 13.6 Å². The van der Waals surface area contributed by atoms with Crippen LogP contribution in [0.1, 0.15) is 37.7 Å². The maximum absolute atomic E-state index is 13.7. The first-order chi connectivity index (χ1) is 10.1. The molecule has 1 aliphatic carbocycles. The molecule has 21 heavy (non-hydrogen) atoms. The van der Waals surface area contributed by atoms with Gasteiger partial charge in [0.1, 0.15) is 11.6 Å². The van der Waals surface area contributed by atoms with Crippen molar-refractivity contribution >= 4 is 17.5 Å². The van der Waals surface area contributed by atoms with E-state index in [1.165, 1.54) is 24.6 Å². The number of hydrogen-bond acceptors (Lipinski definition) is 1. The molecule has 0 spiro atoms. The predicted molar refractivity (Wildman–Crippen MR) is 79.4 cm³/mol. The van der Waals surface area contributed by atoms with Gasteiger partial charge in [-0.15, -0.1) is 11.6 Å². The summed E-state index contributed by atoms with van der Waals surface area (Å²) in [5.74, 6) is -1.25. The summed E-state index contributed by atoms with van der Waals surface area (Å²) in [5, 5.41) is 0. The Morgan fingerprint density at radius 2 is 1.81 bits per heavy atom. The van der Waals surface area contributed by atoms with Crippen LogP contribution < -0.4 is 0 Å². The highest BCUT2D eigenvalue weighted by atomic mass is 35.5. The molecule has 0 saturated heterocycles. The van der Waals surface area contributed by atoms with E-state index in [-0.39, 0.29) is 23.9 Å². The first kappa shape index (κ1) is 16.2. The van der Waals surface area contributed by atoms with Crippen LogP contribution in [-0.2, 0) is 11.2 Å². The second kappa shape index (κ2) is 7.74. The number of rotatable bonds is 5. The third kappa shape index (κ3) is 4.16. The lowest BCUT2D eigenvalue weighted by molar-refractivity contribution is -0.133. The second-order valence-electron chi connectivity index (χ2n) is 5.44. The highest BCUT2D eigenvalue weighted by Crippen LogP contribution is 2.24. The fraction of sp³-hybridized carbons (Fsp3) is 0.562. The summed E-state index contributed by atoms with van der Waals surface area (Å²) in [6, 6.07) is 3.81. The molecule has 116 valence electrons. The summed E-state index contributed by atoms with van der Waals surface area (Å²) < 4.78 is 27.3. The number of amides is 1. The van der Waals surface area contributed by atoms with Crippen molar-refractivity contribution in [1.82, 2.24) is 4.90 Å². The molecule has 1 aromatic rings. The van der Waals surface area contributed by atoms with Gasteiger partial charge in [-0.05, 0) is 25.0 Å². The van der Waals surface area contributed by atoms with E-state index < -0.39 is 11.6 Å². The average molecular weight is 316 g/mol. The molecule has 2 nitrogen and oxygen atoms in total. The van der Waals surface area contributed by atoms with Gasteiger partial charge in [-0.2, -0.15) is 0 Å². The van der Waals surface area contributed by atoms with Crippen molar-refractivity contribution in [3.63, 3.8) is 0 Å². The molecule has 0 aliphatic heterocycles. The van der Waals surface area contributed by atoms with Gasteiger partial charge < -0.3 is 4.90 Å². The molecule has 0 aromatic heterocycles. The van der Waals surface area contributed by atoms with Crippen LogP contribution in [0.5, 0.6) is 0 Å². The van der Waals surface area contributed by atoms with Gasteiger partial charge in [0, 0.05) is 24.0 Å². The predicted octanol–water partition coefficient (Wildman–Crippen LogP) is 3.91. The minimum atomic E-state index is -0.669. The number of alkyl halides is 1. The maximum Gasteiger partial charge on any atom is 0.227 e. The van der Waals surface area contributed by atoms with Gasteiger partial charge in [-0.25, -0.2) is 8.78 Å². The number of hydrogen-bond donors (Lipinski definition) is 0. The average Bonchev–Trinajstić information content (AvgIpc) is 2.49. The molecule has 0 bridgehead atoms. The molecule has 1 fully saturated rings. The second-order valence-corrected chi connectivity index (χ2v) is 5.82. The van der Waals surface area contributed by atoms with Gasteiger partial charge in [0.05, 0.1) is 6.42 Å². The van der Waals surface area contributed by atoms with Gasteiger partial charge in [0.2, 0.25) is 5.91 Å². The minimum Gasteiger partial charge on any atom is -0.338 e. The van der Waals surface area contributed by atoms with Crippen molar-refractivity contribution in [3.05, 3.63) is 35.4 Å². The Bertz CT molecular complexity index is 469. The van der Waals surface area contributed by atoms with Crippen molar-refractivity contribution in [3.8, 4) is 0 Å². The Kier molecular flexibility index (Phi) is 5.97. The summed E-state index contributed by atoms with van der Waals surface area (Å²) in [4.78, 5) is 14.1. The molecule has 0 unspecified atom stereocenters. The molecular formula is C16H20ClF2NO. The number of carbonyl (C=O) groups excluding carboxylic acids is 1. The first-order valence-electron chi connectivity index (χ1n) is 7.42. The zero-order chi connectivity index (χ0) is 15.2. The largest absolute Gasteiger partial charge is 0.338 e. The van der Waals surface area contributed by atoms with Crippen LogP contribution in [0.25, 0.3) is 0 Å².